The van der Waals surface area contributed by atoms with Gasteiger partial charge in [0.05, 0.1) is 0 Å². The first-order valence-corrected chi connectivity index (χ1v) is 14.9. The molecule has 0 aliphatic heterocycles. The molecule has 0 saturated carbocycles. The molecule has 0 aliphatic carbocycles. The van der Waals surface area contributed by atoms with E-state index < -0.39 is 0 Å². The van der Waals surface area contributed by atoms with Crippen LogP contribution in [0, 0.1) is 0 Å². The highest BCUT2D eigenvalue weighted by molar-refractivity contribution is 9.10. The molecule has 5 nitrogen and oxygen atoms in total. The Morgan fingerprint density at radius 3 is 1.20 bits per heavy atom. The zero-order valence-corrected chi connectivity index (χ0v) is 27.2. The number of hydrogen-bond donors (Lipinski definition) is 2. The Hall–Kier alpha value is -3.42. The van der Waals surface area contributed by atoms with Crippen LogP contribution in [0.1, 0.15) is 73.4 Å². The van der Waals surface area contributed by atoms with Crippen molar-refractivity contribution in [3.63, 3.8) is 0 Å². The molecule has 0 atom stereocenters. The average Bonchev–Trinajstić information content (AvgIpc) is 2.89. The van der Waals surface area contributed by atoms with E-state index in [1.807, 2.05) is 36.4 Å². The van der Waals surface area contributed by atoms with Crippen LogP contribution >= 0.6 is 31.9 Å². The molecule has 0 saturated heterocycles. The first-order chi connectivity index (χ1) is 19.2. The number of amides is 2. The molecule has 2 amide bonds. The number of carbonyl (C=O) groups excluding carboxylic acids is 2. The molecule has 2 N–H and O–H groups in total. The van der Waals surface area contributed by atoms with Gasteiger partial charge in [0, 0.05) is 31.4 Å². The van der Waals surface area contributed by atoms with Gasteiger partial charge >= 0.3 is 0 Å². The normalized spacial score (nSPS) is 11.6. The Labute approximate surface area is 259 Å². The number of hydrogen-bond acceptors (Lipinski definition) is 3. The average molecular weight is 678 g/mol. The molecule has 0 unspecified atom stereocenters. The van der Waals surface area contributed by atoms with Gasteiger partial charge in [0.15, 0.2) is 0 Å². The number of anilines is 2. The zero-order valence-electron chi connectivity index (χ0n) is 24.1. The SMILES string of the molecule is CC(C)(C)c1ccc(C(=O)Nc2ccc(Oc3ccc(NC(=O)c4ccc(C(C)(C)C)c(Br)c4)cc3)cc2)cc1Br. The Kier molecular flexibility index (Phi) is 9.10. The molecule has 4 aromatic carbocycles. The van der Waals surface area contributed by atoms with Crippen molar-refractivity contribution < 1.29 is 14.3 Å². The lowest BCUT2D eigenvalue weighted by atomic mass is 9.86. The molecule has 4 aromatic rings. The quantitative estimate of drug-likeness (QED) is 0.213. The summed E-state index contributed by atoms with van der Waals surface area (Å²) in [6, 6.07) is 25.7. The molecule has 0 radical (unpaired) electrons. The lowest BCUT2D eigenvalue weighted by Gasteiger charge is -2.21. The van der Waals surface area contributed by atoms with Crippen LogP contribution in [0.4, 0.5) is 11.4 Å². The molecule has 0 bridgehead atoms. The number of rotatable bonds is 6. The summed E-state index contributed by atoms with van der Waals surface area (Å²) in [6.07, 6.45) is 0. The van der Waals surface area contributed by atoms with Gasteiger partial charge in [0.1, 0.15) is 11.5 Å². The highest BCUT2D eigenvalue weighted by atomic mass is 79.9. The second kappa shape index (κ2) is 12.2. The predicted octanol–water partition coefficient (Wildman–Crippen LogP) is 10.1. The minimum atomic E-state index is -0.185. The van der Waals surface area contributed by atoms with Crippen molar-refractivity contribution in [2.75, 3.05) is 10.6 Å². The van der Waals surface area contributed by atoms with Crippen LogP contribution < -0.4 is 15.4 Å². The van der Waals surface area contributed by atoms with Crippen LogP contribution in [0.2, 0.25) is 0 Å². The lowest BCUT2D eigenvalue weighted by Crippen LogP contribution is -2.15. The van der Waals surface area contributed by atoms with Crippen molar-refractivity contribution in [3.05, 3.63) is 116 Å². The summed E-state index contributed by atoms with van der Waals surface area (Å²) >= 11 is 7.19. The van der Waals surface area contributed by atoms with Crippen molar-refractivity contribution in [2.24, 2.45) is 0 Å². The van der Waals surface area contributed by atoms with Gasteiger partial charge in [0.2, 0.25) is 0 Å². The monoisotopic (exact) mass is 676 g/mol. The van der Waals surface area contributed by atoms with Crippen molar-refractivity contribution in [1.29, 1.82) is 0 Å². The van der Waals surface area contributed by atoms with Gasteiger partial charge in [-0.3, -0.25) is 9.59 Å². The fourth-order valence-corrected chi connectivity index (χ4v) is 6.23. The van der Waals surface area contributed by atoms with Gasteiger partial charge in [0.25, 0.3) is 11.8 Å². The van der Waals surface area contributed by atoms with E-state index in [0.717, 1.165) is 20.1 Å². The van der Waals surface area contributed by atoms with E-state index in [-0.39, 0.29) is 22.6 Å². The van der Waals surface area contributed by atoms with Crippen LogP contribution in [0.5, 0.6) is 11.5 Å². The number of halogens is 2. The summed E-state index contributed by atoms with van der Waals surface area (Å²) in [5.41, 5.74) is 4.73. The second-order valence-electron chi connectivity index (χ2n) is 11.9. The molecular formula is C34H34Br2N2O3. The van der Waals surface area contributed by atoms with E-state index in [1.165, 1.54) is 0 Å². The molecule has 0 fully saturated rings. The summed E-state index contributed by atoms with van der Waals surface area (Å²) in [4.78, 5) is 25.6. The van der Waals surface area contributed by atoms with Crippen LogP contribution in [0.25, 0.3) is 0 Å². The second-order valence-corrected chi connectivity index (χ2v) is 13.7. The maximum absolute atomic E-state index is 12.8. The highest BCUT2D eigenvalue weighted by Crippen LogP contribution is 2.32. The van der Waals surface area contributed by atoms with Gasteiger partial charge in [-0.2, -0.15) is 0 Å². The van der Waals surface area contributed by atoms with Gasteiger partial charge in [-0.1, -0.05) is 85.5 Å². The standard InChI is InChI=1S/C34H34Br2N2O3/c1-33(2,3)27-17-7-21(19-29(27)35)31(39)37-23-9-13-25(14-10-23)41-26-15-11-24(12-16-26)38-32(40)22-8-18-28(30(36)20-22)34(4,5)6/h7-20H,1-6H3,(H,37,39)(H,38,40). The maximum Gasteiger partial charge on any atom is 0.255 e. The maximum atomic E-state index is 12.8. The lowest BCUT2D eigenvalue weighted by molar-refractivity contribution is 0.101. The number of nitrogens with one attached hydrogen (secondary N) is 2. The Morgan fingerprint density at radius 1 is 0.561 bits per heavy atom. The van der Waals surface area contributed by atoms with E-state index in [1.54, 1.807) is 48.5 Å². The topological polar surface area (TPSA) is 67.4 Å². The highest BCUT2D eigenvalue weighted by Gasteiger charge is 2.20. The molecule has 4 rings (SSSR count). The third kappa shape index (κ3) is 7.86. The Balaban J connectivity index is 1.34. The van der Waals surface area contributed by atoms with Gasteiger partial charge < -0.3 is 15.4 Å². The van der Waals surface area contributed by atoms with Crippen molar-refractivity contribution in [1.82, 2.24) is 0 Å². The van der Waals surface area contributed by atoms with E-state index in [0.29, 0.717) is 34.0 Å². The molecule has 0 heterocycles. The van der Waals surface area contributed by atoms with E-state index in [2.05, 4.69) is 84.0 Å². The molecule has 0 spiro atoms. The van der Waals surface area contributed by atoms with Crippen LogP contribution in [0.15, 0.2) is 93.9 Å². The van der Waals surface area contributed by atoms with Crippen LogP contribution in [-0.4, -0.2) is 11.8 Å². The summed E-state index contributed by atoms with van der Waals surface area (Å²) in [5.74, 6) is 0.881. The van der Waals surface area contributed by atoms with Crippen molar-refractivity contribution in [3.8, 4) is 11.5 Å². The summed E-state index contributed by atoms with van der Waals surface area (Å²) in [6.45, 7) is 12.8. The number of carbonyl (C=O) groups is 2. The van der Waals surface area contributed by atoms with E-state index >= 15 is 0 Å². The molecule has 41 heavy (non-hydrogen) atoms. The fourth-order valence-electron chi connectivity index (χ4n) is 4.28. The molecule has 0 aromatic heterocycles. The Morgan fingerprint density at radius 2 is 0.902 bits per heavy atom. The fraction of sp³-hybridized carbons (Fsp3) is 0.235. The van der Waals surface area contributed by atoms with Crippen LogP contribution in [0.3, 0.4) is 0 Å². The molecule has 212 valence electrons. The van der Waals surface area contributed by atoms with Crippen molar-refractivity contribution in [2.45, 2.75) is 52.4 Å². The number of ether oxygens (including phenoxy) is 1. The first-order valence-electron chi connectivity index (χ1n) is 13.3. The minimum Gasteiger partial charge on any atom is -0.457 e. The molecule has 0 aliphatic rings. The molecular weight excluding hydrogens is 644 g/mol. The third-order valence-electron chi connectivity index (χ3n) is 6.54. The van der Waals surface area contributed by atoms with E-state index in [9.17, 15) is 9.59 Å². The smallest absolute Gasteiger partial charge is 0.255 e. The first kappa shape index (κ1) is 30.5. The largest absolute Gasteiger partial charge is 0.457 e. The van der Waals surface area contributed by atoms with Gasteiger partial charge in [-0.25, -0.2) is 0 Å². The zero-order chi connectivity index (χ0) is 29.9. The minimum absolute atomic E-state index is 0.0194. The van der Waals surface area contributed by atoms with Crippen LogP contribution in [-0.2, 0) is 10.8 Å². The Bertz CT molecular complexity index is 1450. The van der Waals surface area contributed by atoms with Gasteiger partial charge in [-0.05, 0) is 94.8 Å². The number of benzene rings is 4. The van der Waals surface area contributed by atoms with E-state index in [4.69, 9.17) is 4.74 Å². The molecule has 7 heteroatoms. The van der Waals surface area contributed by atoms with Gasteiger partial charge in [-0.15, -0.1) is 0 Å². The third-order valence-corrected chi connectivity index (χ3v) is 7.85. The summed E-state index contributed by atoms with van der Waals surface area (Å²) < 4.78 is 7.77. The summed E-state index contributed by atoms with van der Waals surface area (Å²) in [7, 11) is 0. The summed E-state index contributed by atoms with van der Waals surface area (Å²) in [5, 5.41) is 5.86. The van der Waals surface area contributed by atoms with Crippen molar-refractivity contribution >= 4 is 55.0 Å². The predicted molar refractivity (Wildman–Crippen MR) is 175 cm³/mol.